The predicted octanol–water partition coefficient (Wildman–Crippen LogP) is 6.10. The van der Waals surface area contributed by atoms with E-state index in [1.807, 2.05) is 54.6 Å². The zero-order chi connectivity index (χ0) is 25.6. The van der Waals surface area contributed by atoms with Crippen LogP contribution in [0.15, 0.2) is 84.6 Å². The number of Topliss-reactive ketones (excluding diaryl/α,β-unsaturated/α-hetero) is 1. The minimum absolute atomic E-state index is 0.0259. The van der Waals surface area contributed by atoms with Crippen molar-refractivity contribution in [1.82, 2.24) is 4.98 Å². The quantitative estimate of drug-likeness (QED) is 0.210. The number of methoxy groups -OCH3 is 1. The summed E-state index contributed by atoms with van der Waals surface area (Å²) in [6.45, 7) is 6.21. The number of H-pyrrole nitrogens is 1. The number of carbonyl (C=O) groups is 2. The lowest BCUT2D eigenvalue weighted by Gasteiger charge is -2.25. The minimum atomic E-state index is -0.827. The van der Waals surface area contributed by atoms with E-state index < -0.39 is 17.7 Å². The largest absolute Gasteiger partial charge is 0.507 e. The van der Waals surface area contributed by atoms with Crippen molar-refractivity contribution in [3.8, 4) is 5.75 Å². The van der Waals surface area contributed by atoms with Crippen molar-refractivity contribution in [2.24, 2.45) is 0 Å². The highest BCUT2D eigenvalue weighted by molar-refractivity contribution is 6.52. The molecule has 0 bridgehead atoms. The maximum absolute atomic E-state index is 13.6. The van der Waals surface area contributed by atoms with Crippen LogP contribution in [0.1, 0.15) is 43.5 Å². The lowest BCUT2D eigenvalue weighted by Crippen LogP contribution is -2.29. The lowest BCUT2D eigenvalue weighted by atomic mass is 9.85. The third-order valence-electron chi connectivity index (χ3n) is 6.72. The molecule has 6 nitrogen and oxygen atoms in total. The molecule has 0 radical (unpaired) electrons. The zero-order valence-electron chi connectivity index (χ0n) is 20.7. The molecule has 2 heterocycles. The average Bonchev–Trinajstić information content (AvgIpc) is 3.41. The monoisotopic (exact) mass is 480 g/mol. The Morgan fingerprint density at radius 2 is 1.67 bits per heavy atom. The lowest BCUT2D eigenvalue weighted by molar-refractivity contribution is -0.132. The molecule has 1 fully saturated rings. The molecule has 0 saturated carbocycles. The van der Waals surface area contributed by atoms with E-state index in [0.717, 1.165) is 22.0 Å². The third kappa shape index (κ3) is 3.75. The Labute approximate surface area is 209 Å². The Kier molecular flexibility index (Phi) is 5.67. The molecule has 6 heteroatoms. The Bertz CT molecular complexity index is 1510. The number of para-hydroxylation sites is 2. The van der Waals surface area contributed by atoms with Crippen LogP contribution >= 0.6 is 0 Å². The summed E-state index contributed by atoms with van der Waals surface area (Å²) in [5.74, 6) is -1.27. The van der Waals surface area contributed by atoms with Crippen molar-refractivity contribution in [3.63, 3.8) is 0 Å². The van der Waals surface area contributed by atoms with Crippen molar-refractivity contribution in [3.05, 3.63) is 101 Å². The fraction of sp³-hybridized carbons (Fsp3) is 0.200. The standard InChI is InChI=1S/C30H28N2O4/c1-30(2,3)18-14-15-24(36-4)21(16-18)27(33)25-26(22-17-31-23-13-9-8-12-20(22)23)32(29(35)28(25)34)19-10-6-5-7-11-19/h5-17,26,31,33H,1-4H3/b27-25+. The summed E-state index contributed by atoms with van der Waals surface area (Å²) in [6.07, 6.45) is 1.80. The molecule has 1 saturated heterocycles. The fourth-order valence-corrected chi connectivity index (χ4v) is 4.81. The normalized spacial score (nSPS) is 17.7. The highest BCUT2D eigenvalue weighted by Gasteiger charge is 2.48. The summed E-state index contributed by atoms with van der Waals surface area (Å²) in [6, 6.07) is 21.5. The molecule has 4 aromatic rings. The van der Waals surface area contributed by atoms with Gasteiger partial charge in [0.1, 0.15) is 11.5 Å². The number of aromatic amines is 1. The van der Waals surface area contributed by atoms with Crippen LogP contribution in [0.25, 0.3) is 16.7 Å². The highest BCUT2D eigenvalue weighted by atomic mass is 16.5. The number of aromatic nitrogens is 1. The topological polar surface area (TPSA) is 82.6 Å². The van der Waals surface area contributed by atoms with E-state index in [9.17, 15) is 14.7 Å². The maximum atomic E-state index is 13.6. The predicted molar refractivity (Wildman–Crippen MR) is 141 cm³/mol. The smallest absolute Gasteiger partial charge is 0.300 e. The van der Waals surface area contributed by atoms with E-state index in [1.165, 1.54) is 12.0 Å². The third-order valence-corrected chi connectivity index (χ3v) is 6.72. The molecule has 0 spiro atoms. The van der Waals surface area contributed by atoms with Crippen LogP contribution in [0, 0.1) is 0 Å². The molecule has 0 aliphatic carbocycles. The van der Waals surface area contributed by atoms with Gasteiger partial charge >= 0.3 is 0 Å². The van der Waals surface area contributed by atoms with Crippen LogP contribution < -0.4 is 9.64 Å². The summed E-state index contributed by atoms with van der Waals surface area (Å²) in [5.41, 5.74) is 3.34. The van der Waals surface area contributed by atoms with Gasteiger partial charge in [0.05, 0.1) is 24.3 Å². The summed E-state index contributed by atoms with van der Waals surface area (Å²) < 4.78 is 5.55. The van der Waals surface area contributed by atoms with Gasteiger partial charge in [-0.1, -0.05) is 63.2 Å². The number of ether oxygens (including phenoxy) is 1. The van der Waals surface area contributed by atoms with E-state index in [4.69, 9.17) is 4.74 Å². The van der Waals surface area contributed by atoms with Crippen molar-refractivity contribution in [2.75, 3.05) is 12.0 Å². The van der Waals surface area contributed by atoms with Crippen LogP contribution in [0.5, 0.6) is 5.75 Å². The first-order valence-corrected chi connectivity index (χ1v) is 11.8. The first kappa shape index (κ1) is 23.4. The molecule has 3 aromatic carbocycles. The number of nitrogens with zero attached hydrogens (tertiary/aromatic N) is 1. The Morgan fingerprint density at radius 3 is 2.36 bits per heavy atom. The van der Waals surface area contributed by atoms with E-state index in [-0.39, 0.29) is 16.7 Å². The molecular formula is C30H28N2O4. The average molecular weight is 481 g/mol. The van der Waals surface area contributed by atoms with Gasteiger partial charge < -0.3 is 14.8 Å². The Morgan fingerprint density at radius 1 is 0.972 bits per heavy atom. The van der Waals surface area contributed by atoms with Crippen LogP contribution in [-0.2, 0) is 15.0 Å². The van der Waals surface area contributed by atoms with E-state index in [0.29, 0.717) is 17.0 Å². The van der Waals surface area contributed by atoms with Gasteiger partial charge in [0.15, 0.2) is 0 Å². The number of amides is 1. The van der Waals surface area contributed by atoms with Crippen LogP contribution in [-0.4, -0.2) is 28.9 Å². The number of rotatable bonds is 4. The molecule has 182 valence electrons. The van der Waals surface area contributed by atoms with E-state index >= 15 is 0 Å². The Hall–Kier alpha value is -4.32. The first-order chi connectivity index (χ1) is 17.2. The number of hydrogen-bond acceptors (Lipinski definition) is 4. The molecule has 1 aliphatic heterocycles. The number of hydrogen-bond donors (Lipinski definition) is 2. The van der Waals surface area contributed by atoms with E-state index in [1.54, 1.807) is 24.4 Å². The molecule has 1 aliphatic rings. The highest BCUT2D eigenvalue weighted by Crippen LogP contribution is 2.45. The van der Waals surface area contributed by atoms with Gasteiger partial charge in [0.2, 0.25) is 0 Å². The van der Waals surface area contributed by atoms with Gasteiger partial charge in [0.25, 0.3) is 11.7 Å². The number of ketones is 1. The summed E-state index contributed by atoms with van der Waals surface area (Å²) in [4.78, 5) is 31.7. The van der Waals surface area contributed by atoms with Gasteiger partial charge in [-0.3, -0.25) is 14.5 Å². The molecule has 1 unspecified atom stereocenters. The van der Waals surface area contributed by atoms with Crippen LogP contribution in [0.2, 0.25) is 0 Å². The number of benzene rings is 3. The van der Waals surface area contributed by atoms with Crippen molar-refractivity contribution in [1.29, 1.82) is 0 Å². The molecule has 1 atom stereocenters. The van der Waals surface area contributed by atoms with Crippen LogP contribution in [0.4, 0.5) is 5.69 Å². The van der Waals surface area contributed by atoms with Gasteiger partial charge in [-0.05, 0) is 41.3 Å². The van der Waals surface area contributed by atoms with Gasteiger partial charge in [-0.2, -0.15) is 0 Å². The van der Waals surface area contributed by atoms with Gasteiger partial charge in [-0.25, -0.2) is 0 Å². The number of aliphatic hydroxyl groups is 1. The van der Waals surface area contributed by atoms with Gasteiger partial charge in [-0.15, -0.1) is 0 Å². The molecule has 36 heavy (non-hydrogen) atoms. The van der Waals surface area contributed by atoms with Gasteiger partial charge in [0, 0.05) is 28.4 Å². The number of fused-ring (bicyclic) bond motifs is 1. The fourth-order valence-electron chi connectivity index (χ4n) is 4.81. The van der Waals surface area contributed by atoms with Crippen LogP contribution in [0.3, 0.4) is 0 Å². The zero-order valence-corrected chi connectivity index (χ0v) is 20.7. The number of anilines is 1. The second-order valence-corrected chi connectivity index (χ2v) is 9.96. The first-order valence-electron chi connectivity index (χ1n) is 11.8. The molecule has 5 rings (SSSR count). The maximum Gasteiger partial charge on any atom is 0.300 e. The second kappa shape index (κ2) is 8.72. The molecule has 2 N–H and O–H groups in total. The number of aliphatic hydroxyl groups excluding tert-OH is 1. The second-order valence-electron chi connectivity index (χ2n) is 9.96. The minimum Gasteiger partial charge on any atom is -0.507 e. The summed E-state index contributed by atoms with van der Waals surface area (Å²) in [5, 5.41) is 12.6. The van der Waals surface area contributed by atoms with Crippen molar-refractivity contribution in [2.45, 2.75) is 32.2 Å². The van der Waals surface area contributed by atoms with Crippen molar-refractivity contribution >= 4 is 34.0 Å². The Balaban J connectivity index is 1.81. The molecule has 1 amide bonds. The SMILES string of the molecule is COc1ccc(C(C)(C)C)cc1/C(O)=C1\C(=O)C(=O)N(c2ccccc2)C1c1c[nH]c2ccccc12. The summed E-state index contributed by atoms with van der Waals surface area (Å²) in [7, 11) is 1.52. The van der Waals surface area contributed by atoms with Crippen molar-refractivity contribution < 1.29 is 19.4 Å². The number of nitrogens with one attached hydrogen (secondary N) is 1. The van der Waals surface area contributed by atoms with E-state index in [2.05, 4.69) is 25.8 Å². The molecular weight excluding hydrogens is 452 g/mol. The summed E-state index contributed by atoms with van der Waals surface area (Å²) >= 11 is 0. The molecule has 1 aromatic heterocycles. The number of carbonyl (C=O) groups excluding carboxylic acids is 2.